The molecular weight excluding hydrogens is 424 g/mol. The molecule has 1 saturated heterocycles. The maximum Gasteiger partial charge on any atom is 0.247 e. The maximum absolute atomic E-state index is 12.9. The van der Waals surface area contributed by atoms with Gasteiger partial charge in [0.25, 0.3) is 0 Å². The summed E-state index contributed by atoms with van der Waals surface area (Å²) >= 11 is 1.35. The van der Waals surface area contributed by atoms with Crippen molar-refractivity contribution in [2.75, 3.05) is 17.3 Å². The molecule has 0 bridgehead atoms. The topological polar surface area (TPSA) is 75.7 Å². The first-order valence-corrected chi connectivity index (χ1v) is 11.0. The van der Waals surface area contributed by atoms with Gasteiger partial charge in [0.2, 0.25) is 17.7 Å². The average molecular weight is 447 g/mol. The zero-order chi connectivity index (χ0) is 22.5. The lowest BCUT2D eigenvalue weighted by atomic mass is 10.1. The Labute approximate surface area is 190 Å². The van der Waals surface area contributed by atoms with Crippen molar-refractivity contribution in [1.29, 1.82) is 0 Å². The predicted molar refractivity (Wildman–Crippen MR) is 125 cm³/mol. The standard InChI is InChI=1S/C25H22N2O4S/c1-31-20-11-9-19(10-12-20)27-24(29)16-22(25(27)30)32-21-13-7-18(8-14-21)26-23(28)15-17-5-3-2-4-6-17/h2-14,22H,15-16H2,1H3,(H,26,28)/t22-/m0/s1. The number of nitrogens with one attached hydrogen (secondary N) is 1. The first-order valence-electron chi connectivity index (χ1n) is 10.1. The van der Waals surface area contributed by atoms with Gasteiger partial charge in [-0.05, 0) is 54.1 Å². The minimum absolute atomic E-state index is 0.0942. The quantitative estimate of drug-likeness (QED) is 0.548. The summed E-state index contributed by atoms with van der Waals surface area (Å²) in [5.74, 6) is 0.117. The van der Waals surface area contributed by atoms with Crippen LogP contribution in [0.15, 0.2) is 83.8 Å². The Morgan fingerprint density at radius 1 is 1.00 bits per heavy atom. The smallest absolute Gasteiger partial charge is 0.247 e. The van der Waals surface area contributed by atoms with Gasteiger partial charge in [0, 0.05) is 17.0 Å². The zero-order valence-corrected chi connectivity index (χ0v) is 18.3. The molecule has 0 aliphatic carbocycles. The third-order valence-corrected chi connectivity index (χ3v) is 6.26. The number of amides is 3. The number of nitrogens with zero attached hydrogens (tertiary/aromatic N) is 1. The third kappa shape index (κ3) is 5.00. The molecular formula is C25H22N2O4S. The van der Waals surface area contributed by atoms with Crippen molar-refractivity contribution in [2.45, 2.75) is 23.0 Å². The number of anilines is 2. The number of methoxy groups -OCH3 is 1. The molecule has 1 fully saturated rings. The van der Waals surface area contributed by atoms with E-state index >= 15 is 0 Å². The normalized spacial score (nSPS) is 15.7. The predicted octanol–water partition coefficient (Wildman–Crippen LogP) is 4.30. The molecule has 1 aliphatic heterocycles. The van der Waals surface area contributed by atoms with E-state index in [-0.39, 0.29) is 24.1 Å². The minimum atomic E-state index is -0.483. The SMILES string of the molecule is COc1ccc(N2C(=O)C[C@H](Sc3ccc(NC(=O)Cc4ccccc4)cc3)C2=O)cc1. The van der Waals surface area contributed by atoms with Crippen LogP contribution in [-0.2, 0) is 20.8 Å². The van der Waals surface area contributed by atoms with Crippen molar-refractivity contribution in [3.05, 3.63) is 84.4 Å². The zero-order valence-electron chi connectivity index (χ0n) is 17.5. The molecule has 1 atom stereocenters. The lowest BCUT2D eigenvalue weighted by molar-refractivity contribution is -0.121. The number of ether oxygens (including phenoxy) is 1. The summed E-state index contributed by atoms with van der Waals surface area (Å²) in [6.07, 6.45) is 0.447. The molecule has 0 aromatic heterocycles. The highest BCUT2D eigenvalue weighted by Crippen LogP contribution is 2.34. The molecule has 6 nitrogen and oxygen atoms in total. The van der Waals surface area contributed by atoms with E-state index in [1.54, 1.807) is 43.5 Å². The number of imide groups is 1. The van der Waals surface area contributed by atoms with Gasteiger partial charge in [-0.2, -0.15) is 0 Å². The first-order chi connectivity index (χ1) is 15.5. The fourth-order valence-electron chi connectivity index (χ4n) is 3.47. The second-order valence-corrected chi connectivity index (χ2v) is 8.59. The Kier molecular flexibility index (Phi) is 6.56. The van der Waals surface area contributed by atoms with E-state index in [4.69, 9.17) is 4.74 Å². The van der Waals surface area contributed by atoms with Crippen LogP contribution >= 0.6 is 11.8 Å². The van der Waals surface area contributed by atoms with Crippen LogP contribution in [0.3, 0.4) is 0 Å². The van der Waals surface area contributed by atoms with Crippen LogP contribution in [0.4, 0.5) is 11.4 Å². The number of rotatable bonds is 7. The highest BCUT2D eigenvalue weighted by molar-refractivity contribution is 8.00. The second-order valence-electron chi connectivity index (χ2n) is 7.31. The summed E-state index contributed by atoms with van der Waals surface area (Å²) < 4.78 is 5.13. The van der Waals surface area contributed by atoms with E-state index < -0.39 is 5.25 Å². The largest absolute Gasteiger partial charge is 0.497 e. The Morgan fingerprint density at radius 3 is 2.34 bits per heavy atom. The fraction of sp³-hybridized carbons (Fsp3) is 0.160. The number of carbonyl (C=O) groups excluding carboxylic acids is 3. The van der Waals surface area contributed by atoms with Gasteiger partial charge >= 0.3 is 0 Å². The second kappa shape index (κ2) is 9.70. The van der Waals surface area contributed by atoms with Crippen molar-refractivity contribution < 1.29 is 19.1 Å². The Hall–Kier alpha value is -3.58. The molecule has 0 radical (unpaired) electrons. The average Bonchev–Trinajstić information content (AvgIpc) is 3.08. The van der Waals surface area contributed by atoms with Gasteiger partial charge in [-0.1, -0.05) is 30.3 Å². The van der Waals surface area contributed by atoms with Gasteiger partial charge in [0.1, 0.15) is 5.75 Å². The Morgan fingerprint density at radius 2 is 1.69 bits per heavy atom. The van der Waals surface area contributed by atoms with Gasteiger partial charge in [0.15, 0.2) is 0 Å². The molecule has 3 aromatic rings. The van der Waals surface area contributed by atoms with Gasteiger partial charge in [0.05, 0.1) is 24.5 Å². The molecule has 4 rings (SSSR count). The summed E-state index contributed by atoms with van der Waals surface area (Å²) in [5, 5.41) is 2.39. The highest BCUT2D eigenvalue weighted by Gasteiger charge is 2.40. The van der Waals surface area contributed by atoms with Gasteiger partial charge in [-0.25, -0.2) is 4.90 Å². The number of benzene rings is 3. The van der Waals surface area contributed by atoms with Gasteiger partial charge in [-0.15, -0.1) is 11.8 Å². The molecule has 1 heterocycles. The summed E-state index contributed by atoms with van der Waals surface area (Å²) in [4.78, 5) is 39.6. The number of hydrogen-bond donors (Lipinski definition) is 1. The van der Waals surface area contributed by atoms with E-state index in [0.29, 0.717) is 23.5 Å². The van der Waals surface area contributed by atoms with Crippen LogP contribution in [0.2, 0.25) is 0 Å². The van der Waals surface area contributed by atoms with Crippen molar-refractivity contribution in [2.24, 2.45) is 0 Å². The van der Waals surface area contributed by atoms with E-state index in [2.05, 4.69) is 5.32 Å². The van der Waals surface area contributed by atoms with Crippen molar-refractivity contribution >= 4 is 40.9 Å². The molecule has 162 valence electrons. The summed E-state index contributed by atoms with van der Waals surface area (Å²) in [6.45, 7) is 0. The van der Waals surface area contributed by atoms with E-state index in [1.807, 2.05) is 42.5 Å². The monoisotopic (exact) mass is 446 g/mol. The van der Waals surface area contributed by atoms with Crippen LogP contribution in [0.25, 0.3) is 0 Å². The molecule has 0 spiro atoms. The molecule has 3 aromatic carbocycles. The van der Waals surface area contributed by atoms with Gasteiger partial charge < -0.3 is 10.1 Å². The molecule has 7 heteroatoms. The molecule has 0 saturated carbocycles. The Bertz CT molecular complexity index is 1110. The van der Waals surface area contributed by atoms with Crippen LogP contribution < -0.4 is 15.0 Å². The number of carbonyl (C=O) groups is 3. The van der Waals surface area contributed by atoms with Crippen LogP contribution in [0, 0.1) is 0 Å². The van der Waals surface area contributed by atoms with E-state index in [1.165, 1.54) is 16.7 Å². The van der Waals surface area contributed by atoms with Gasteiger partial charge in [-0.3, -0.25) is 14.4 Å². The first kappa shape index (κ1) is 21.6. The molecule has 32 heavy (non-hydrogen) atoms. The third-order valence-electron chi connectivity index (χ3n) is 5.06. The molecule has 0 unspecified atom stereocenters. The minimum Gasteiger partial charge on any atom is -0.497 e. The summed E-state index contributed by atoms with van der Waals surface area (Å²) in [7, 11) is 1.56. The van der Waals surface area contributed by atoms with E-state index in [9.17, 15) is 14.4 Å². The lowest BCUT2D eigenvalue weighted by Crippen LogP contribution is -2.31. The van der Waals surface area contributed by atoms with E-state index in [0.717, 1.165) is 10.5 Å². The molecule has 3 amide bonds. The Balaban J connectivity index is 1.36. The van der Waals surface area contributed by atoms with Crippen molar-refractivity contribution in [3.8, 4) is 5.75 Å². The number of hydrogen-bond acceptors (Lipinski definition) is 5. The number of thioether (sulfide) groups is 1. The van der Waals surface area contributed by atoms with Crippen molar-refractivity contribution in [3.63, 3.8) is 0 Å². The van der Waals surface area contributed by atoms with Crippen LogP contribution in [0.1, 0.15) is 12.0 Å². The molecule has 1 N–H and O–H groups in total. The lowest BCUT2D eigenvalue weighted by Gasteiger charge is -2.15. The summed E-state index contributed by atoms with van der Waals surface area (Å²) in [5.41, 5.74) is 2.17. The van der Waals surface area contributed by atoms with Crippen LogP contribution in [0.5, 0.6) is 5.75 Å². The van der Waals surface area contributed by atoms with Crippen LogP contribution in [-0.4, -0.2) is 30.1 Å². The fourth-order valence-corrected chi connectivity index (χ4v) is 4.52. The molecule has 1 aliphatic rings. The van der Waals surface area contributed by atoms with Crippen molar-refractivity contribution in [1.82, 2.24) is 0 Å². The highest BCUT2D eigenvalue weighted by atomic mass is 32.2. The summed E-state index contributed by atoms with van der Waals surface area (Å²) in [6, 6.07) is 23.7. The maximum atomic E-state index is 12.9.